The second-order valence-electron chi connectivity index (χ2n) is 6.06. The van der Waals surface area contributed by atoms with E-state index in [9.17, 15) is 4.79 Å². The largest absolute Gasteiger partial charge is 0.495 e. The van der Waals surface area contributed by atoms with E-state index in [0.717, 1.165) is 38.5 Å². The summed E-state index contributed by atoms with van der Waals surface area (Å²) in [6.45, 7) is 3.67. The molecule has 1 saturated heterocycles. The lowest BCUT2D eigenvalue weighted by Gasteiger charge is -2.21. The van der Waals surface area contributed by atoms with Crippen LogP contribution < -0.4 is 15.0 Å². The van der Waals surface area contributed by atoms with Crippen LogP contribution in [0, 0.1) is 0 Å². The van der Waals surface area contributed by atoms with Crippen molar-refractivity contribution in [3.05, 3.63) is 41.7 Å². The molecule has 0 aliphatic carbocycles. The van der Waals surface area contributed by atoms with Gasteiger partial charge >= 0.3 is 0 Å². The number of anilines is 2. The zero-order chi connectivity index (χ0) is 18.4. The van der Waals surface area contributed by atoms with E-state index in [0.29, 0.717) is 23.0 Å². The maximum Gasteiger partial charge on any atom is 0.238 e. The number of nitrogens with one attached hydrogen (secondary N) is 1. The summed E-state index contributed by atoms with van der Waals surface area (Å²) in [5.74, 6) is 1.23. The summed E-state index contributed by atoms with van der Waals surface area (Å²) in [7, 11) is 1.55. The van der Waals surface area contributed by atoms with Crippen molar-refractivity contribution in [2.45, 2.75) is 6.42 Å². The van der Waals surface area contributed by atoms with E-state index in [1.54, 1.807) is 37.7 Å². The lowest BCUT2D eigenvalue weighted by Crippen LogP contribution is -2.36. The first kappa shape index (κ1) is 18.4. The molecule has 0 radical (unpaired) electrons. The van der Waals surface area contributed by atoms with Gasteiger partial charge in [-0.25, -0.2) is 9.97 Å². The van der Waals surface area contributed by atoms with Crippen molar-refractivity contribution < 1.29 is 9.53 Å². The monoisotopic (exact) mass is 375 g/mol. The molecule has 7 nitrogen and oxygen atoms in total. The minimum absolute atomic E-state index is 0.0567. The standard InChI is InChI=1S/C18H22ClN5O2/c1-26-16-12-14(4-5-15(16)19)22-17(25)13-23-8-3-9-24(11-10-23)18-20-6-2-7-21-18/h2,4-7,12H,3,8-11,13H2,1H3,(H,22,25). The fraction of sp³-hybridized carbons (Fsp3) is 0.389. The highest BCUT2D eigenvalue weighted by Crippen LogP contribution is 2.27. The summed E-state index contributed by atoms with van der Waals surface area (Å²) in [4.78, 5) is 25.3. The van der Waals surface area contributed by atoms with Crippen LogP contribution in [0.2, 0.25) is 5.02 Å². The number of ether oxygens (including phenoxy) is 1. The van der Waals surface area contributed by atoms with E-state index in [2.05, 4.69) is 25.1 Å². The van der Waals surface area contributed by atoms with Gasteiger partial charge in [-0.05, 0) is 24.6 Å². The van der Waals surface area contributed by atoms with Gasteiger partial charge in [-0.2, -0.15) is 0 Å². The van der Waals surface area contributed by atoms with E-state index in [1.807, 2.05) is 6.07 Å². The number of carbonyl (C=O) groups is 1. The van der Waals surface area contributed by atoms with E-state index in [4.69, 9.17) is 16.3 Å². The van der Waals surface area contributed by atoms with Crippen LogP contribution in [-0.4, -0.2) is 60.6 Å². The molecule has 1 fully saturated rings. The predicted molar refractivity (Wildman–Crippen MR) is 102 cm³/mol. The molecule has 1 aromatic heterocycles. The van der Waals surface area contributed by atoms with Gasteiger partial charge in [0.05, 0.1) is 18.7 Å². The molecule has 1 aliphatic heterocycles. The smallest absolute Gasteiger partial charge is 0.238 e. The molecule has 2 aromatic rings. The molecule has 8 heteroatoms. The molecule has 1 N–H and O–H groups in total. The first-order valence-corrected chi connectivity index (χ1v) is 8.91. The number of hydrogen-bond donors (Lipinski definition) is 1. The highest BCUT2D eigenvalue weighted by Gasteiger charge is 2.18. The molecule has 2 heterocycles. The third kappa shape index (κ3) is 4.83. The number of carbonyl (C=O) groups excluding carboxylic acids is 1. The number of benzene rings is 1. The quantitative estimate of drug-likeness (QED) is 0.864. The molecule has 0 saturated carbocycles. The van der Waals surface area contributed by atoms with Gasteiger partial charge in [-0.15, -0.1) is 0 Å². The molecule has 0 atom stereocenters. The lowest BCUT2D eigenvalue weighted by molar-refractivity contribution is -0.117. The van der Waals surface area contributed by atoms with E-state index in [1.165, 1.54) is 0 Å². The number of amides is 1. The van der Waals surface area contributed by atoms with Crippen molar-refractivity contribution in [3.8, 4) is 5.75 Å². The van der Waals surface area contributed by atoms with E-state index in [-0.39, 0.29) is 5.91 Å². The Morgan fingerprint density at radius 1 is 1.23 bits per heavy atom. The maximum absolute atomic E-state index is 12.4. The number of rotatable bonds is 5. The summed E-state index contributed by atoms with van der Waals surface area (Å²) in [5.41, 5.74) is 0.672. The molecular weight excluding hydrogens is 354 g/mol. The molecule has 1 aliphatic rings. The normalized spacial score (nSPS) is 15.4. The Morgan fingerprint density at radius 3 is 2.81 bits per heavy atom. The second-order valence-corrected chi connectivity index (χ2v) is 6.47. The number of halogens is 1. The Bertz CT molecular complexity index is 744. The third-order valence-corrected chi connectivity index (χ3v) is 4.54. The van der Waals surface area contributed by atoms with Crippen molar-refractivity contribution >= 4 is 29.1 Å². The molecule has 26 heavy (non-hydrogen) atoms. The van der Waals surface area contributed by atoms with Crippen molar-refractivity contribution in [3.63, 3.8) is 0 Å². The second kappa shape index (κ2) is 8.82. The minimum Gasteiger partial charge on any atom is -0.495 e. The molecule has 0 spiro atoms. The first-order chi connectivity index (χ1) is 12.7. The zero-order valence-electron chi connectivity index (χ0n) is 14.7. The Labute approximate surface area is 157 Å². The van der Waals surface area contributed by atoms with Gasteiger partial charge in [0.15, 0.2) is 0 Å². The minimum atomic E-state index is -0.0567. The van der Waals surface area contributed by atoms with Crippen LogP contribution in [-0.2, 0) is 4.79 Å². The van der Waals surface area contributed by atoms with Crippen molar-refractivity contribution in [1.82, 2.24) is 14.9 Å². The molecule has 1 amide bonds. The number of nitrogens with zero attached hydrogens (tertiary/aromatic N) is 4. The Hall–Kier alpha value is -2.38. The van der Waals surface area contributed by atoms with Gasteiger partial charge in [-0.3, -0.25) is 9.69 Å². The fourth-order valence-electron chi connectivity index (χ4n) is 2.92. The average molecular weight is 376 g/mol. The van der Waals surface area contributed by atoms with E-state index >= 15 is 0 Å². The maximum atomic E-state index is 12.4. The van der Waals surface area contributed by atoms with Gasteiger partial charge in [-0.1, -0.05) is 11.6 Å². The molecule has 1 aromatic carbocycles. The summed E-state index contributed by atoms with van der Waals surface area (Å²) in [6.07, 6.45) is 4.46. The number of hydrogen-bond acceptors (Lipinski definition) is 6. The molecular formula is C18H22ClN5O2. The Morgan fingerprint density at radius 2 is 2.04 bits per heavy atom. The fourth-order valence-corrected chi connectivity index (χ4v) is 3.12. The van der Waals surface area contributed by atoms with Gasteiger partial charge in [0.25, 0.3) is 0 Å². The Balaban J connectivity index is 1.53. The van der Waals surface area contributed by atoms with Crippen LogP contribution in [0.1, 0.15) is 6.42 Å². The van der Waals surface area contributed by atoms with E-state index < -0.39 is 0 Å². The molecule has 3 rings (SSSR count). The highest BCUT2D eigenvalue weighted by molar-refractivity contribution is 6.32. The average Bonchev–Trinajstić information content (AvgIpc) is 2.89. The predicted octanol–water partition coefficient (Wildman–Crippen LogP) is 2.29. The third-order valence-electron chi connectivity index (χ3n) is 4.23. The topological polar surface area (TPSA) is 70.6 Å². The van der Waals surface area contributed by atoms with Crippen LogP contribution in [0.5, 0.6) is 5.75 Å². The van der Waals surface area contributed by atoms with Crippen molar-refractivity contribution in [1.29, 1.82) is 0 Å². The van der Waals surface area contributed by atoms with Gasteiger partial charge in [0, 0.05) is 50.3 Å². The molecule has 138 valence electrons. The first-order valence-electron chi connectivity index (χ1n) is 8.53. The van der Waals surface area contributed by atoms with Crippen molar-refractivity contribution in [2.24, 2.45) is 0 Å². The molecule has 0 unspecified atom stereocenters. The van der Waals surface area contributed by atoms with Gasteiger partial charge < -0.3 is 15.0 Å². The zero-order valence-corrected chi connectivity index (χ0v) is 15.4. The summed E-state index contributed by atoms with van der Waals surface area (Å²) in [6, 6.07) is 7.00. The number of methoxy groups -OCH3 is 1. The molecule has 0 bridgehead atoms. The SMILES string of the molecule is COc1cc(NC(=O)CN2CCCN(c3ncccn3)CC2)ccc1Cl. The lowest BCUT2D eigenvalue weighted by atomic mass is 10.3. The van der Waals surface area contributed by atoms with Crippen LogP contribution >= 0.6 is 11.6 Å². The summed E-state index contributed by atoms with van der Waals surface area (Å²) in [5, 5.41) is 3.41. The number of aromatic nitrogens is 2. The van der Waals surface area contributed by atoms with Crippen LogP contribution in [0.4, 0.5) is 11.6 Å². The van der Waals surface area contributed by atoms with Crippen LogP contribution in [0.3, 0.4) is 0 Å². The highest BCUT2D eigenvalue weighted by atomic mass is 35.5. The summed E-state index contributed by atoms with van der Waals surface area (Å²) < 4.78 is 5.18. The van der Waals surface area contributed by atoms with Crippen LogP contribution in [0.25, 0.3) is 0 Å². The van der Waals surface area contributed by atoms with Gasteiger partial charge in [0.2, 0.25) is 11.9 Å². The van der Waals surface area contributed by atoms with Crippen LogP contribution in [0.15, 0.2) is 36.7 Å². The Kier molecular flexibility index (Phi) is 6.25. The van der Waals surface area contributed by atoms with Gasteiger partial charge in [0.1, 0.15) is 5.75 Å². The van der Waals surface area contributed by atoms with Crippen molar-refractivity contribution in [2.75, 3.05) is 50.1 Å². The summed E-state index contributed by atoms with van der Waals surface area (Å²) >= 11 is 6.01.